The summed E-state index contributed by atoms with van der Waals surface area (Å²) in [5.41, 5.74) is 5.36. The molecule has 1 atom stereocenters. The highest BCUT2D eigenvalue weighted by molar-refractivity contribution is 7.91. The second kappa shape index (κ2) is 5.60. The first-order valence-electron chi connectivity index (χ1n) is 5.32. The molecule has 1 heterocycles. The van der Waals surface area contributed by atoms with E-state index in [4.69, 9.17) is 10.8 Å². The Morgan fingerprint density at radius 2 is 1.94 bits per heavy atom. The molecule has 16 heavy (non-hydrogen) atoms. The van der Waals surface area contributed by atoms with E-state index in [0.29, 0.717) is 25.9 Å². The molecule has 6 nitrogen and oxygen atoms in total. The predicted octanol–water partition coefficient (Wildman–Crippen LogP) is -1.09. The van der Waals surface area contributed by atoms with Crippen LogP contribution in [-0.4, -0.2) is 61.6 Å². The number of rotatable bonds is 5. The molecule has 0 aliphatic carbocycles. The van der Waals surface area contributed by atoms with Crippen molar-refractivity contribution in [2.75, 3.05) is 31.1 Å². The number of carboxylic acids is 1. The second-order valence-electron chi connectivity index (χ2n) is 4.08. The van der Waals surface area contributed by atoms with Crippen molar-refractivity contribution in [3.8, 4) is 0 Å². The first kappa shape index (κ1) is 13.4. The van der Waals surface area contributed by atoms with E-state index >= 15 is 0 Å². The zero-order valence-corrected chi connectivity index (χ0v) is 9.95. The largest absolute Gasteiger partial charge is 0.480 e. The van der Waals surface area contributed by atoms with Crippen molar-refractivity contribution in [2.45, 2.75) is 18.9 Å². The molecule has 3 N–H and O–H groups in total. The number of hydrogen-bond donors (Lipinski definition) is 2. The van der Waals surface area contributed by atoms with Gasteiger partial charge in [-0.2, -0.15) is 0 Å². The van der Waals surface area contributed by atoms with Crippen LogP contribution >= 0.6 is 0 Å². The molecule has 1 fully saturated rings. The van der Waals surface area contributed by atoms with Crippen LogP contribution in [0.3, 0.4) is 0 Å². The third-order valence-corrected chi connectivity index (χ3v) is 4.35. The molecule has 1 aliphatic rings. The van der Waals surface area contributed by atoms with Crippen LogP contribution in [0.15, 0.2) is 0 Å². The minimum absolute atomic E-state index is 0.206. The fourth-order valence-electron chi connectivity index (χ4n) is 1.63. The Hall–Kier alpha value is -0.660. The molecule has 0 aromatic carbocycles. The summed E-state index contributed by atoms with van der Waals surface area (Å²) in [6.07, 6.45) is 1.12. The monoisotopic (exact) mass is 250 g/mol. The quantitative estimate of drug-likeness (QED) is 0.643. The van der Waals surface area contributed by atoms with Crippen molar-refractivity contribution in [3.63, 3.8) is 0 Å². The molecule has 0 saturated carbocycles. The average molecular weight is 250 g/mol. The average Bonchev–Trinajstić information content (AvgIpc) is 2.20. The summed E-state index contributed by atoms with van der Waals surface area (Å²) in [6, 6.07) is -0.812. The maximum absolute atomic E-state index is 11.1. The Bertz CT molecular complexity index is 327. The van der Waals surface area contributed by atoms with Crippen molar-refractivity contribution < 1.29 is 18.3 Å². The van der Waals surface area contributed by atoms with E-state index in [0.717, 1.165) is 6.54 Å². The first-order chi connectivity index (χ1) is 7.41. The van der Waals surface area contributed by atoms with Crippen molar-refractivity contribution in [1.29, 1.82) is 0 Å². The third kappa shape index (κ3) is 4.46. The third-order valence-electron chi connectivity index (χ3n) is 2.74. The number of hydrogen-bond acceptors (Lipinski definition) is 5. The van der Waals surface area contributed by atoms with Gasteiger partial charge in [-0.3, -0.25) is 4.79 Å². The fraction of sp³-hybridized carbons (Fsp3) is 0.889. The number of aliphatic carboxylic acids is 1. The van der Waals surface area contributed by atoms with Gasteiger partial charge in [-0.25, -0.2) is 8.42 Å². The zero-order chi connectivity index (χ0) is 12.2. The zero-order valence-electron chi connectivity index (χ0n) is 9.13. The summed E-state index contributed by atoms with van der Waals surface area (Å²) in [4.78, 5) is 12.5. The van der Waals surface area contributed by atoms with Gasteiger partial charge >= 0.3 is 5.97 Å². The van der Waals surface area contributed by atoms with E-state index in [9.17, 15) is 13.2 Å². The van der Waals surface area contributed by atoms with Gasteiger partial charge in [0.1, 0.15) is 6.04 Å². The fourth-order valence-corrected chi connectivity index (χ4v) is 2.91. The lowest BCUT2D eigenvalue weighted by molar-refractivity contribution is -0.138. The lowest BCUT2D eigenvalue weighted by Gasteiger charge is -2.26. The topological polar surface area (TPSA) is 101 Å². The molecule has 0 aromatic heterocycles. The molecular formula is C9H18N2O4S. The molecule has 0 bridgehead atoms. The maximum atomic E-state index is 11.1. The molecule has 7 heteroatoms. The van der Waals surface area contributed by atoms with Gasteiger partial charge in [0.05, 0.1) is 11.5 Å². The van der Waals surface area contributed by atoms with Crippen LogP contribution in [0, 0.1) is 0 Å². The van der Waals surface area contributed by atoms with E-state index < -0.39 is 21.8 Å². The lowest BCUT2D eigenvalue weighted by Crippen LogP contribution is -2.41. The SMILES string of the molecule is N[C@@H](CCCN1CCS(=O)(=O)CC1)C(=O)O. The van der Waals surface area contributed by atoms with E-state index in [-0.39, 0.29) is 11.5 Å². The summed E-state index contributed by atoms with van der Waals surface area (Å²) in [6.45, 7) is 1.81. The Labute approximate surface area is 95.3 Å². The van der Waals surface area contributed by atoms with Gasteiger partial charge < -0.3 is 15.7 Å². The van der Waals surface area contributed by atoms with Crippen molar-refractivity contribution >= 4 is 15.8 Å². The molecule has 0 spiro atoms. The van der Waals surface area contributed by atoms with E-state index in [1.165, 1.54) is 0 Å². The van der Waals surface area contributed by atoms with Crippen molar-refractivity contribution in [3.05, 3.63) is 0 Å². The summed E-state index contributed by atoms with van der Waals surface area (Å²) in [7, 11) is -2.83. The Morgan fingerprint density at radius 1 is 1.38 bits per heavy atom. The molecular weight excluding hydrogens is 232 g/mol. The van der Waals surface area contributed by atoms with Crippen LogP contribution in [0.2, 0.25) is 0 Å². The molecule has 0 aromatic rings. The molecule has 0 radical (unpaired) electrons. The number of nitrogens with two attached hydrogens (primary N) is 1. The van der Waals surface area contributed by atoms with E-state index in [2.05, 4.69) is 0 Å². The second-order valence-corrected chi connectivity index (χ2v) is 6.38. The minimum atomic E-state index is -2.83. The molecule has 1 rings (SSSR count). The predicted molar refractivity (Wildman–Crippen MR) is 59.9 cm³/mol. The summed E-state index contributed by atoms with van der Waals surface area (Å²) in [5.74, 6) is -0.572. The van der Waals surface area contributed by atoms with Crippen molar-refractivity contribution in [1.82, 2.24) is 4.90 Å². The standard InChI is InChI=1S/C9H18N2O4S/c10-8(9(12)13)2-1-3-11-4-6-16(14,15)7-5-11/h8H,1-7,10H2,(H,12,13)/t8-/m0/s1. The Kier molecular flexibility index (Phi) is 4.69. The molecule has 1 aliphatic heterocycles. The van der Waals surface area contributed by atoms with E-state index in [1.54, 1.807) is 0 Å². The lowest BCUT2D eigenvalue weighted by atomic mass is 10.1. The van der Waals surface area contributed by atoms with Gasteiger partial charge in [0.25, 0.3) is 0 Å². The van der Waals surface area contributed by atoms with Gasteiger partial charge in [-0.05, 0) is 19.4 Å². The van der Waals surface area contributed by atoms with Crippen molar-refractivity contribution in [2.24, 2.45) is 5.73 Å². The number of sulfone groups is 1. The van der Waals surface area contributed by atoms with Gasteiger partial charge in [-0.15, -0.1) is 0 Å². The van der Waals surface area contributed by atoms with Crippen LogP contribution in [0.4, 0.5) is 0 Å². The Morgan fingerprint density at radius 3 is 2.44 bits per heavy atom. The summed E-state index contributed by atoms with van der Waals surface area (Å²) < 4.78 is 22.3. The summed E-state index contributed by atoms with van der Waals surface area (Å²) in [5, 5.41) is 8.57. The summed E-state index contributed by atoms with van der Waals surface area (Å²) >= 11 is 0. The van der Waals surface area contributed by atoms with Gasteiger partial charge in [-0.1, -0.05) is 0 Å². The normalized spacial score (nSPS) is 22.8. The smallest absolute Gasteiger partial charge is 0.320 e. The number of carbonyl (C=O) groups is 1. The molecule has 0 unspecified atom stereocenters. The van der Waals surface area contributed by atoms with Crippen LogP contribution in [0.5, 0.6) is 0 Å². The van der Waals surface area contributed by atoms with Crippen LogP contribution < -0.4 is 5.73 Å². The molecule has 0 amide bonds. The minimum Gasteiger partial charge on any atom is -0.480 e. The molecule has 1 saturated heterocycles. The van der Waals surface area contributed by atoms with Gasteiger partial charge in [0, 0.05) is 13.1 Å². The van der Waals surface area contributed by atoms with E-state index in [1.807, 2.05) is 4.90 Å². The van der Waals surface area contributed by atoms with Gasteiger partial charge in [0.2, 0.25) is 0 Å². The first-order valence-corrected chi connectivity index (χ1v) is 7.14. The highest BCUT2D eigenvalue weighted by atomic mass is 32.2. The number of carboxylic acid groups (broad SMARTS) is 1. The van der Waals surface area contributed by atoms with Crippen LogP contribution in [0.1, 0.15) is 12.8 Å². The highest BCUT2D eigenvalue weighted by Crippen LogP contribution is 2.05. The van der Waals surface area contributed by atoms with Crippen LogP contribution in [0.25, 0.3) is 0 Å². The maximum Gasteiger partial charge on any atom is 0.320 e. The molecule has 94 valence electrons. The Balaban J connectivity index is 2.18. The van der Waals surface area contributed by atoms with Crippen LogP contribution in [-0.2, 0) is 14.6 Å². The number of nitrogens with zero attached hydrogens (tertiary/aromatic N) is 1. The van der Waals surface area contributed by atoms with Gasteiger partial charge in [0.15, 0.2) is 9.84 Å². The highest BCUT2D eigenvalue weighted by Gasteiger charge is 2.21.